The van der Waals surface area contributed by atoms with Crippen LogP contribution in [-0.4, -0.2) is 48.2 Å². The Bertz CT molecular complexity index is 896. The molecular weight excluding hydrogens is 445 g/mol. The number of hydrazine groups is 1. The van der Waals surface area contributed by atoms with Crippen LogP contribution in [0, 0.1) is 0 Å². The second kappa shape index (κ2) is 10.5. The zero-order chi connectivity index (χ0) is 22.6. The average molecular weight is 476 g/mol. The molecule has 2 fully saturated rings. The first-order valence-electron chi connectivity index (χ1n) is 11.3. The van der Waals surface area contributed by atoms with E-state index in [1.54, 1.807) is 6.07 Å². The van der Waals surface area contributed by atoms with Gasteiger partial charge in [0.1, 0.15) is 0 Å². The van der Waals surface area contributed by atoms with Crippen molar-refractivity contribution in [2.75, 3.05) is 26.2 Å². The van der Waals surface area contributed by atoms with Crippen molar-refractivity contribution in [3.05, 3.63) is 69.7 Å². The number of hydrogen-bond donors (Lipinski definition) is 1. The van der Waals surface area contributed by atoms with Crippen molar-refractivity contribution >= 4 is 29.1 Å². The van der Waals surface area contributed by atoms with E-state index in [4.69, 9.17) is 33.7 Å². The minimum absolute atomic E-state index is 0.0426. The van der Waals surface area contributed by atoms with Gasteiger partial charge >= 0.3 is 0 Å². The van der Waals surface area contributed by atoms with Crippen LogP contribution < -0.4 is 5.73 Å². The topological polar surface area (TPSA) is 58.8 Å². The summed E-state index contributed by atoms with van der Waals surface area (Å²) in [5.41, 5.74) is 7.74. The molecule has 2 aliphatic rings. The van der Waals surface area contributed by atoms with E-state index in [1.807, 2.05) is 12.1 Å². The smallest absolute Gasteiger partial charge is 0.219 e. The van der Waals surface area contributed by atoms with Crippen LogP contribution in [-0.2, 0) is 21.6 Å². The van der Waals surface area contributed by atoms with Crippen molar-refractivity contribution in [3.63, 3.8) is 0 Å². The summed E-state index contributed by atoms with van der Waals surface area (Å²) in [6.07, 6.45) is 4.57. The molecular formula is C25H31Cl2N3O2. The summed E-state index contributed by atoms with van der Waals surface area (Å²) in [5.74, 6) is -0.216. The van der Waals surface area contributed by atoms with E-state index in [2.05, 4.69) is 40.3 Å². The van der Waals surface area contributed by atoms with Crippen molar-refractivity contribution in [2.45, 2.75) is 50.2 Å². The highest BCUT2D eigenvalue weighted by Gasteiger charge is 2.40. The monoisotopic (exact) mass is 475 g/mol. The zero-order valence-electron chi connectivity index (χ0n) is 18.3. The Labute approximate surface area is 200 Å². The van der Waals surface area contributed by atoms with Crippen LogP contribution in [0.25, 0.3) is 0 Å². The Kier molecular flexibility index (Phi) is 7.74. The molecule has 2 heterocycles. The fourth-order valence-electron chi connectivity index (χ4n) is 5.18. The standard InChI is InChI=1S/C25H31Cl2N3O2/c26-21-13-19(14-22(27)15-21)17-32-18-25(20-5-2-1-3-6-20)8-11-29(12-9-25)30-10-4-7-23(30)16-24(28)31/h1-3,5-6,13-15,23H,4,7-12,16-18H2,(H2,28,31). The van der Waals surface area contributed by atoms with Gasteiger partial charge in [0.15, 0.2) is 0 Å². The van der Waals surface area contributed by atoms with Crippen LogP contribution in [0.3, 0.4) is 0 Å². The third-order valence-electron chi connectivity index (χ3n) is 6.80. The number of primary amides is 1. The normalized spacial score (nSPS) is 21.6. The van der Waals surface area contributed by atoms with Gasteiger partial charge in [-0.25, -0.2) is 10.0 Å². The molecule has 7 heteroatoms. The number of halogens is 2. The molecule has 1 unspecified atom stereocenters. The Morgan fingerprint density at radius 2 is 1.75 bits per heavy atom. The lowest BCUT2D eigenvalue weighted by Gasteiger charge is -2.46. The number of piperidine rings is 1. The van der Waals surface area contributed by atoms with Crippen LogP contribution in [0.2, 0.25) is 10.0 Å². The summed E-state index contributed by atoms with van der Waals surface area (Å²) >= 11 is 12.3. The van der Waals surface area contributed by atoms with E-state index in [0.717, 1.165) is 50.9 Å². The number of benzene rings is 2. The van der Waals surface area contributed by atoms with Gasteiger partial charge in [-0.2, -0.15) is 0 Å². The van der Waals surface area contributed by atoms with Gasteiger partial charge in [0.2, 0.25) is 5.91 Å². The minimum Gasteiger partial charge on any atom is -0.376 e. The lowest BCUT2D eigenvalue weighted by Crippen LogP contribution is -2.54. The number of amides is 1. The number of nitrogens with two attached hydrogens (primary N) is 1. The summed E-state index contributed by atoms with van der Waals surface area (Å²) in [6, 6.07) is 16.4. The van der Waals surface area contributed by atoms with Gasteiger partial charge < -0.3 is 10.5 Å². The van der Waals surface area contributed by atoms with Gasteiger partial charge in [-0.15, -0.1) is 0 Å². The van der Waals surface area contributed by atoms with Crippen LogP contribution >= 0.6 is 23.2 Å². The van der Waals surface area contributed by atoms with E-state index < -0.39 is 0 Å². The highest BCUT2D eigenvalue weighted by Crippen LogP contribution is 2.38. The molecule has 32 heavy (non-hydrogen) atoms. The van der Waals surface area contributed by atoms with Crippen molar-refractivity contribution in [1.29, 1.82) is 0 Å². The number of hydrogen-bond acceptors (Lipinski definition) is 4. The minimum atomic E-state index is -0.216. The zero-order valence-corrected chi connectivity index (χ0v) is 19.8. The number of carbonyl (C=O) groups is 1. The Balaban J connectivity index is 1.43. The highest BCUT2D eigenvalue weighted by atomic mass is 35.5. The molecule has 5 nitrogen and oxygen atoms in total. The summed E-state index contributed by atoms with van der Waals surface area (Å²) in [4.78, 5) is 11.5. The van der Waals surface area contributed by atoms with E-state index in [9.17, 15) is 4.79 Å². The quantitative estimate of drug-likeness (QED) is 0.595. The van der Waals surface area contributed by atoms with Gasteiger partial charge in [-0.3, -0.25) is 4.79 Å². The van der Waals surface area contributed by atoms with Crippen molar-refractivity contribution in [2.24, 2.45) is 5.73 Å². The molecule has 0 spiro atoms. The van der Waals surface area contributed by atoms with E-state index in [1.165, 1.54) is 5.56 Å². The summed E-state index contributed by atoms with van der Waals surface area (Å²) in [6.45, 7) is 4.00. The van der Waals surface area contributed by atoms with Gasteiger partial charge in [-0.1, -0.05) is 53.5 Å². The first-order valence-corrected chi connectivity index (χ1v) is 12.1. The second-order valence-electron chi connectivity index (χ2n) is 9.00. The van der Waals surface area contributed by atoms with Gasteiger partial charge in [0.25, 0.3) is 0 Å². The Morgan fingerprint density at radius 1 is 1.06 bits per heavy atom. The molecule has 2 aliphatic heterocycles. The third kappa shape index (κ3) is 5.64. The van der Waals surface area contributed by atoms with Gasteiger partial charge in [0, 0.05) is 47.6 Å². The maximum absolute atomic E-state index is 11.5. The molecule has 172 valence electrons. The molecule has 1 atom stereocenters. The number of rotatable bonds is 8. The summed E-state index contributed by atoms with van der Waals surface area (Å²) < 4.78 is 6.25. The predicted octanol–water partition coefficient (Wildman–Crippen LogP) is 4.80. The molecule has 0 aromatic heterocycles. The number of ether oxygens (including phenoxy) is 1. The second-order valence-corrected chi connectivity index (χ2v) is 9.87. The van der Waals surface area contributed by atoms with Crippen LogP contribution in [0.4, 0.5) is 0 Å². The molecule has 0 saturated carbocycles. The van der Waals surface area contributed by atoms with Crippen molar-refractivity contribution in [3.8, 4) is 0 Å². The maximum Gasteiger partial charge on any atom is 0.219 e. The van der Waals surface area contributed by atoms with Crippen molar-refractivity contribution in [1.82, 2.24) is 10.0 Å². The molecule has 0 bridgehead atoms. The van der Waals surface area contributed by atoms with Gasteiger partial charge in [-0.05, 0) is 55.0 Å². The fourth-order valence-corrected chi connectivity index (χ4v) is 5.75. The third-order valence-corrected chi connectivity index (χ3v) is 7.24. The largest absolute Gasteiger partial charge is 0.376 e. The Morgan fingerprint density at radius 3 is 2.41 bits per heavy atom. The summed E-state index contributed by atoms with van der Waals surface area (Å²) in [5, 5.41) is 6.06. The highest BCUT2D eigenvalue weighted by molar-refractivity contribution is 6.34. The molecule has 0 aliphatic carbocycles. The molecule has 2 aromatic rings. The number of carbonyl (C=O) groups excluding carboxylic acids is 1. The average Bonchev–Trinajstić information content (AvgIpc) is 3.21. The van der Waals surface area contributed by atoms with E-state index in [-0.39, 0.29) is 17.4 Å². The predicted molar refractivity (Wildman–Crippen MR) is 129 cm³/mol. The lowest BCUT2D eigenvalue weighted by molar-refractivity contribution is -0.122. The van der Waals surface area contributed by atoms with E-state index >= 15 is 0 Å². The SMILES string of the molecule is NC(=O)CC1CCCN1N1CCC(COCc2cc(Cl)cc(Cl)c2)(c2ccccc2)CC1. The molecule has 4 rings (SSSR count). The molecule has 2 saturated heterocycles. The number of nitrogens with zero attached hydrogens (tertiary/aromatic N) is 2. The van der Waals surface area contributed by atoms with E-state index in [0.29, 0.717) is 29.7 Å². The van der Waals surface area contributed by atoms with Gasteiger partial charge in [0.05, 0.1) is 13.2 Å². The summed E-state index contributed by atoms with van der Waals surface area (Å²) in [7, 11) is 0. The van der Waals surface area contributed by atoms with Crippen LogP contribution in [0.5, 0.6) is 0 Å². The maximum atomic E-state index is 11.5. The lowest BCUT2D eigenvalue weighted by atomic mass is 9.73. The molecule has 2 N–H and O–H groups in total. The molecule has 0 radical (unpaired) electrons. The fraction of sp³-hybridized carbons (Fsp3) is 0.480. The first-order chi connectivity index (χ1) is 15.4. The molecule has 2 aromatic carbocycles. The Hall–Kier alpha value is -1.63. The van der Waals surface area contributed by atoms with Crippen LogP contribution in [0.15, 0.2) is 48.5 Å². The van der Waals surface area contributed by atoms with Crippen molar-refractivity contribution < 1.29 is 9.53 Å². The molecule has 1 amide bonds. The van der Waals surface area contributed by atoms with Crippen LogP contribution in [0.1, 0.15) is 43.2 Å². The first kappa shape index (κ1) is 23.5.